The number of carbonyl (C=O) groups is 2. The summed E-state index contributed by atoms with van der Waals surface area (Å²) in [5, 5.41) is 9.98. The lowest BCUT2D eigenvalue weighted by Gasteiger charge is -2.41. The van der Waals surface area contributed by atoms with Gasteiger partial charge in [-0.1, -0.05) is 23.8 Å². The lowest BCUT2D eigenvalue weighted by Crippen LogP contribution is -2.51. The summed E-state index contributed by atoms with van der Waals surface area (Å²) in [6.45, 7) is 2.23. The fourth-order valence-electron chi connectivity index (χ4n) is 4.45. The molecular formula is C23H21ClF6N2O3. The van der Waals surface area contributed by atoms with Crippen molar-refractivity contribution in [3.05, 3.63) is 69.9 Å². The molecule has 190 valence electrons. The summed E-state index contributed by atoms with van der Waals surface area (Å²) in [6.07, 6.45) is -5.26. The van der Waals surface area contributed by atoms with Gasteiger partial charge in [0.2, 0.25) is 5.91 Å². The van der Waals surface area contributed by atoms with Gasteiger partial charge in [-0.05, 0) is 48.8 Å². The summed E-state index contributed by atoms with van der Waals surface area (Å²) < 4.78 is 79.9. The summed E-state index contributed by atoms with van der Waals surface area (Å²) in [4.78, 5) is 26.7. The number of nitrogens with zero attached hydrogens (tertiary/aromatic N) is 2. The van der Waals surface area contributed by atoms with Crippen molar-refractivity contribution in [3.8, 4) is 0 Å². The molecule has 0 saturated heterocycles. The van der Waals surface area contributed by atoms with Crippen molar-refractivity contribution in [2.75, 3.05) is 0 Å². The van der Waals surface area contributed by atoms with Crippen LogP contribution in [0.1, 0.15) is 37.0 Å². The molecule has 1 aromatic rings. The first-order valence-corrected chi connectivity index (χ1v) is 10.8. The van der Waals surface area contributed by atoms with Crippen molar-refractivity contribution in [1.82, 2.24) is 9.80 Å². The van der Waals surface area contributed by atoms with E-state index in [0.29, 0.717) is 22.7 Å². The van der Waals surface area contributed by atoms with Gasteiger partial charge in [0.25, 0.3) is 0 Å². The van der Waals surface area contributed by atoms with E-state index in [9.17, 15) is 41.0 Å². The first kappa shape index (κ1) is 26.7. The highest BCUT2D eigenvalue weighted by Crippen LogP contribution is 2.39. The average molecular weight is 523 g/mol. The largest absolute Gasteiger partial charge is 0.465 e. The second-order valence-electron chi connectivity index (χ2n) is 8.35. The number of alkyl halides is 6. The van der Waals surface area contributed by atoms with Crippen molar-refractivity contribution in [2.24, 2.45) is 5.92 Å². The average Bonchev–Trinajstić information content (AvgIpc) is 2.93. The third-order valence-corrected chi connectivity index (χ3v) is 6.49. The maximum atomic E-state index is 13.3. The molecule has 1 aromatic carbocycles. The van der Waals surface area contributed by atoms with Crippen LogP contribution in [0.4, 0.5) is 31.1 Å². The maximum Gasteiger partial charge on any atom is 0.416 e. The highest BCUT2D eigenvalue weighted by molar-refractivity contribution is 6.31. The van der Waals surface area contributed by atoms with E-state index in [4.69, 9.17) is 11.6 Å². The topological polar surface area (TPSA) is 60.9 Å². The third-order valence-electron chi connectivity index (χ3n) is 6.06. The zero-order chi connectivity index (χ0) is 26.3. The van der Waals surface area contributed by atoms with Crippen molar-refractivity contribution in [1.29, 1.82) is 0 Å². The molecule has 1 aliphatic heterocycles. The SMILES string of the molecule is CC(=O)N(Cc1cc(C(F)(F)F)cc(C(F)(F)F)c1)C1CC=CN(C(=O)O)C2C(C)=C(Cl)C=CC21. The fraction of sp³-hybridized carbons (Fsp3) is 0.391. The van der Waals surface area contributed by atoms with Gasteiger partial charge < -0.3 is 10.0 Å². The van der Waals surface area contributed by atoms with Crippen molar-refractivity contribution < 1.29 is 41.0 Å². The Morgan fingerprint density at radius 2 is 1.69 bits per heavy atom. The smallest absolute Gasteiger partial charge is 0.416 e. The van der Waals surface area contributed by atoms with Crippen LogP contribution in [0.2, 0.25) is 0 Å². The van der Waals surface area contributed by atoms with Crippen LogP contribution < -0.4 is 0 Å². The number of halogens is 7. The Bertz CT molecular complexity index is 1080. The lowest BCUT2D eigenvalue weighted by molar-refractivity contribution is -0.143. The van der Waals surface area contributed by atoms with Crippen molar-refractivity contribution >= 4 is 23.6 Å². The first-order chi connectivity index (χ1) is 16.1. The maximum absolute atomic E-state index is 13.3. The molecule has 35 heavy (non-hydrogen) atoms. The van der Waals surface area contributed by atoms with Gasteiger partial charge in [-0.2, -0.15) is 26.3 Å². The first-order valence-electron chi connectivity index (χ1n) is 10.4. The summed E-state index contributed by atoms with van der Waals surface area (Å²) in [5.74, 6) is -1.25. The Hall–Kier alpha value is -2.95. The molecule has 0 radical (unpaired) electrons. The minimum Gasteiger partial charge on any atom is -0.465 e. The molecule has 2 aliphatic rings. The van der Waals surface area contributed by atoms with E-state index in [1.165, 1.54) is 17.2 Å². The molecule has 3 atom stereocenters. The number of rotatable bonds is 3. The van der Waals surface area contributed by atoms with Gasteiger partial charge in [-0.15, -0.1) is 0 Å². The number of allylic oxidation sites excluding steroid dienone is 2. The Balaban J connectivity index is 2.06. The molecule has 0 saturated carbocycles. The van der Waals surface area contributed by atoms with E-state index in [2.05, 4.69) is 0 Å². The normalized spacial score (nSPS) is 22.7. The van der Waals surface area contributed by atoms with E-state index in [0.717, 1.165) is 11.8 Å². The molecule has 3 rings (SSSR count). The van der Waals surface area contributed by atoms with E-state index < -0.39 is 60.0 Å². The van der Waals surface area contributed by atoms with Crippen molar-refractivity contribution in [3.63, 3.8) is 0 Å². The van der Waals surface area contributed by atoms with Crippen LogP contribution in [0.15, 0.2) is 53.2 Å². The molecule has 1 aliphatic carbocycles. The number of hydrogen-bond donors (Lipinski definition) is 1. The number of carbonyl (C=O) groups excluding carboxylic acids is 1. The summed E-state index contributed by atoms with van der Waals surface area (Å²) in [7, 11) is 0. The molecule has 0 spiro atoms. The van der Waals surface area contributed by atoms with Gasteiger partial charge in [-0.3, -0.25) is 9.69 Å². The molecule has 12 heteroatoms. The molecular weight excluding hydrogens is 502 g/mol. The van der Waals surface area contributed by atoms with Crippen LogP contribution in [0, 0.1) is 5.92 Å². The van der Waals surface area contributed by atoms with Crippen LogP contribution in [0.5, 0.6) is 0 Å². The Labute approximate surface area is 201 Å². The van der Waals surface area contributed by atoms with Crippen LogP contribution in [0.3, 0.4) is 0 Å². The molecule has 0 aromatic heterocycles. The molecule has 1 heterocycles. The second kappa shape index (κ2) is 9.60. The van der Waals surface area contributed by atoms with Crippen LogP contribution in [0.25, 0.3) is 0 Å². The standard InChI is InChI=1S/C23H21ClF6N2O3/c1-12-18(24)6-5-17-19(4-3-7-31(20(12)17)21(34)35)32(13(2)33)11-14-8-15(22(25,26)27)10-16(9-14)23(28,29)30/h3,5-10,17,19-20H,4,11H2,1-2H3,(H,34,35). The third kappa shape index (κ3) is 5.66. The van der Waals surface area contributed by atoms with Gasteiger partial charge in [0, 0.05) is 36.7 Å². The van der Waals surface area contributed by atoms with Crippen molar-refractivity contribution in [2.45, 2.75) is 51.2 Å². The van der Waals surface area contributed by atoms with Crippen LogP contribution >= 0.6 is 11.6 Å². The molecule has 5 nitrogen and oxygen atoms in total. The van der Waals surface area contributed by atoms with Gasteiger partial charge >= 0.3 is 18.4 Å². The Morgan fingerprint density at radius 1 is 1.11 bits per heavy atom. The Morgan fingerprint density at radius 3 is 2.17 bits per heavy atom. The zero-order valence-corrected chi connectivity index (χ0v) is 19.2. The monoisotopic (exact) mass is 522 g/mol. The zero-order valence-electron chi connectivity index (χ0n) is 18.5. The molecule has 3 unspecified atom stereocenters. The predicted octanol–water partition coefficient (Wildman–Crippen LogP) is 6.41. The predicted molar refractivity (Wildman–Crippen MR) is 115 cm³/mol. The summed E-state index contributed by atoms with van der Waals surface area (Å²) in [5.41, 5.74) is -2.82. The highest BCUT2D eigenvalue weighted by atomic mass is 35.5. The van der Waals surface area contributed by atoms with E-state index >= 15 is 0 Å². The number of carboxylic acid groups (broad SMARTS) is 1. The molecule has 1 N–H and O–H groups in total. The summed E-state index contributed by atoms with van der Waals surface area (Å²) in [6, 6.07) is -0.396. The molecule has 2 amide bonds. The Kier molecular flexibility index (Phi) is 7.31. The van der Waals surface area contributed by atoms with Gasteiger partial charge in [0.05, 0.1) is 17.2 Å². The number of hydrogen-bond acceptors (Lipinski definition) is 2. The summed E-state index contributed by atoms with van der Waals surface area (Å²) >= 11 is 6.21. The number of benzene rings is 1. The number of amides is 2. The van der Waals surface area contributed by atoms with E-state index in [1.807, 2.05) is 0 Å². The lowest BCUT2D eigenvalue weighted by atomic mass is 9.81. The number of fused-ring (bicyclic) bond motifs is 1. The minimum absolute atomic E-state index is 0.0246. The minimum atomic E-state index is -5.03. The van der Waals surface area contributed by atoms with Crippen LogP contribution in [-0.2, 0) is 23.7 Å². The molecule has 0 fully saturated rings. The highest BCUT2D eigenvalue weighted by Gasteiger charge is 2.42. The fourth-order valence-corrected chi connectivity index (χ4v) is 4.63. The second-order valence-corrected chi connectivity index (χ2v) is 8.76. The quantitative estimate of drug-likeness (QED) is 0.467. The van der Waals surface area contributed by atoms with Gasteiger partial charge in [-0.25, -0.2) is 4.79 Å². The van der Waals surface area contributed by atoms with Gasteiger partial charge in [0.1, 0.15) is 0 Å². The van der Waals surface area contributed by atoms with E-state index in [-0.39, 0.29) is 18.1 Å². The molecule has 0 bridgehead atoms. The van der Waals surface area contributed by atoms with Crippen LogP contribution in [-0.4, -0.2) is 39.0 Å². The van der Waals surface area contributed by atoms with E-state index in [1.54, 1.807) is 19.1 Å². The van der Waals surface area contributed by atoms with Gasteiger partial charge in [0.15, 0.2) is 0 Å².